The molecule has 1 fully saturated rings. The lowest BCUT2D eigenvalue weighted by atomic mass is 9.90. The van der Waals surface area contributed by atoms with Crippen molar-refractivity contribution in [3.63, 3.8) is 0 Å². The summed E-state index contributed by atoms with van der Waals surface area (Å²) < 4.78 is 5.45. The molecule has 2 nitrogen and oxygen atoms in total. The summed E-state index contributed by atoms with van der Waals surface area (Å²) in [6, 6.07) is 2.28. The summed E-state index contributed by atoms with van der Waals surface area (Å²) in [5.74, 6) is 0.212. The van der Waals surface area contributed by atoms with Crippen LogP contribution in [0.3, 0.4) is 0 Å². The van der Waals surface area contributed by atoms with Gasteiger partial charge in [0.1, 0.15) is 0 Å². The maximum atomic E-state index is 8.62. The van der Waals surface area contributed by atoms with Gasteiger partial charge in [-0.25, -0.2) is 0 Å². The Morgan fingerprint density at radius 2 is 2.30 bits per heavy atom. The van der Waals surface area contributed by atoms with Crippen LogP contribution in [-0.2, 0) is 4.74 Å². The topological polar surface area (TPSA) is 33.0 Å². The molecule has 0 radical (unpaired) electrons. The zero-order valence-electron chi connectivity index (χ0n) is 6.55. The van der Waals surface area contributed by atoms with Gasteiger partial charge in [0.2, 0.25) is 0 Å². The van der Waals surface area contributed by atoms with E-state index in [9.17, 15) is 0 Å². The maximum absolute atomic E-state index is 8.62. The Balaban J connectivity index is 2.49. The average Bonchev–Trinajstić information content (AvgIpc) is 1.86. The Labute approximate surface area is 61.8 Å². The Morgan fingerprint density at radius 1 is 1.60 bits per heavy atom. The third kappa shape index (κ3) is 1.71. The first-order valence-corrected chi connectivity index (χ1v) is 3.68. The van der Waals surface area contributed by atoms with E-state index in [0.717, 1.165) is 19.4 Å². The number of nitriles is 1. The number of hydrogen-bond acceptors (Lipinski definition) is 2. The van der Waals surface area contributed by atoms with Crippen molar-refractivity contribution < 1.29 is 4.74 Å². The second kappa shape index (κ2) is 2.59. The fourth-order valence-corrected chi connectivity index (χ4v) is 1.34. The average molecular weight is 139 g/mol. The van der Waals surface area contributed by atoms with Crippen molar-refractivity contribution >= 4 is 0 Å². The lowest BCUT2D eigenvalue weighted by Crippen LogP contribution is -2.33. The molecular weight excluding hydrogens is 126 g/mol. The zero-order valence-corrected chi connectivity index (χ0v) is 6.55. The fourth-order valence-electron chi connectivity index (χ4n) is 1.34. The lowest BCUT2D eigenvalue weighted by Gasteiger charge is -2.32. The molecule has 10 heavy (non-hydrogen) atoms. The van der Waals surface area contributed by atoms with Crippen molar-refractivity contribution in [2.45, 2.75) is 32.3 Å². The summed E-state index contributed by atoms with van der Waals surface area (Å²) in [4.78, 5) is 0. The molecule has 56 valence electrons. The molecule has 2 heteroatoms. The molecule has 0 spiro atoms. The summed E-state index contributed by atoms with van der Waals surface area (Å²) >= 11 is 0. The van der Waals surface area contributed by atoms with E-state index in [4.69, 9.17) is 10.00 Å². The Hall–Kier alpha value is -0.550. The monoisotopic (exact) mass is 139 g/mol. The van der Waals surface area contributed by atoms with E-state index in [0.29, 0.717) is 0 Å². The Morgan fingerprint density at radius 3 is 2.70 bits per heavy atom. The van der Waals surface area contributed by atoms with Gasteiger partial charge >= 0.3 is 0 Å². The molecule has 0 aromatic carbocycles. The summed E-state index contributed by atoms with van der Waals surface area (Å²) in [7, 11) is 0. The molecule has 0 N–H and O–H groups in total. The van der Waals surface area contributed by atoms with Gasteiger partial charge in [-0.05, 0) is 26.7 Å². The predicted octanol–water partition coefficient (Wildman–Crippen LogP) is 1.72. The Kier molecular flexibility index (Phi) is 1.96. The van der Waals surface area contributed by atoms with Crippen LogP contribution in [0.1, 0.15) is 26.7 Å². The molecule has 1 aliphatic heterocycles. The minimum Gasteiger partial charge on any atom is -0.375 e. The van der Waals surface area contributed by atoms with Gasteiger partial charge in [-0.3, -0.25) is 0 Å². The van der Waals surface area contributed by atoms with Crippen molar-refractivity contribution in [3.8, 4) is 6.07 Å². The third-order valence-corrected chi connectivity index (χ3v) is 1.88. The standard InChI is InChI=1S/C8H13NO/c1-8(2)5-7(6-9)3-4-10-8/h7H,3-5H2,1-2H3/t7-/m1/s1. The smallest absolute Gasteiger partial charge is 0.0657 e. The highest BCUT2D eigenvalue weighted by atomic mass is 16.5. The maximum Gasteiger partial charge on any atom is 0.0657 e. The van der Waals surface area contributed by atoms with Crippen molar-refractivity contribution in [3.05, 3.63) is 0 Å². The summed E-state index contributed by atoms with van der Waals surface area (Å²) in [6.45, 7) is 4.82. The first kappa shape index (κ1) is 7.56. The normalized spacial score (nSPS) is 31.1. The highest BCUT2D eigenvalue weighted by Gasteiger charge is 2.28. The van der Waals surface area contributed by atoms with Gasteiger partial charge < -0.3 is 4.74 Å². The van der Waals surface area contributed by atoms with E-state index < -0.39 is 0 Å². The summed E-state index contributed by atoms with van der Waals surface area (Å²) in [5.41, 5.74) is -0.0708. The number of rotatable bonds is 0. The largest absolute Gasteiger partial charge is 0.375 e. The molecule has 1 rings (SSSR count). The van der Waals surface area contributed by atoms with Crippen LogP contribution < -0.4 is 0 Å². The van der Waals surface area contributed by atoms with Crippen molar-refractivity contribution in [2.24, 2.45) is 5.92 Å². The first-order valence-electron chi connectivity index (χ1n) is 3.68. The van der Waals surface area contributed by atoms with Crippen LogP contribution in [0.4, 0.5) is 0 Å². The van der Waals surface area contributed by atoms with Crippen LogP contribution in [0.25, 0.3) is 0 Å². The molecule has 0 aromatic heterocycles. The second-order valence-electron chi connectivity index (χ2n) is 3.43. The van der Waals surface area contributed by atoms with Gasteiger partial charge in [-0.15, -0.1) is 0 Å². The summed E-state index contributed by atoms with van der Waals surface area (Å²) in [5, 5.41) is 8.62. The first-order chi connectivity index (χ1) is 4.64. The van der Waals surface area contributed by atoms with E-state index in [1.807, 2.05) is 13.8 Å². The highest BCUT2D eigenvalue weighted by Crippen LogP contribution is 2.27. The second-order valence-corrected chi connectivity index (χ2v) is 3.43. The molecule has 0 bridgehead atoms. The molecule has 1 atom stereocenters. The molecule has 0 saturated carbocycles. The molecule has 0 aliphatic carbocycles. The predicted molar refractivity (Wildman–Crippen MR) is 38.4 cm³/mol. The van der Waals surface area contributed by atoms with E-state index in [-0.39, 0.29) is 11.5 Å². The Bertz CT molecular complexity index is 157. The van der Waals surface area contributed by atoms with Gasteiger partial charge in [0.15, 0.2) is 0 Å². The number of nitrogens with zero attached hydrogens (tertiary/aromatic N) is 1. The quantitative estimate of drug-likeness (QED) is 0.512. The van der Waals surface area contributed by atoms with Crippen LogP contribution in [0.2, 0.25) is 0 Å². The SMILES string of the molecule is CC1(C)C[C@H](C#N)CCO1. The van der Waals surface area contributed by atoms with Crippen molar-refractivity contribution in [2.75, 3.05) is 6.61 Å². The lowest BCUT2D eigenvalue weighted by molar-refractivity contribution is -0.0633. The van der Waals surface area contributed by atoms with Gasteiger partial charge in [0.05, 0.1) is 17.6 Å². The van der Waals surface area contributed by atoms with Crippen LogP contribution >= 0.6 is 0 Å². The van der Waals surface area contributed by atoms with Gasteiger partial charge in [-0.1, -0.05) is 0 Å². The van der Waals surface area contributed by atoms with E-state index in [2.05, 4.69) is 6.07 Å². The minimum atomic E-state index is -0.0708. The van der Waals surface area contributed by atoms with E-state index >= 15 is 0 Å². The molecule has 0 amide bonds. The van der Waals surface area contributed by atoms with E-state index in [1.54, 1.807) is 0 Å². The third-order valence-electron chi connectivity index (χ3n) is 1.88. The van der Waals surface area contributed by atoms with Crippen LogP contribution in [0.5, 0.6) is 0 Å². The van der Waals surface area contributed by atoms with Crippen molar-refractivity contribution in [1.29, 1.82) is 5.26 Å². The van der Waals surface area contributed by atoms with Crippen LogP contribution in [0.15, 0.2) is 0 Å². The van der Waals surface area contributed by atoms with Gasteiger partial charge in [0, 0.05) is 6.61 Å². The molecule has 0 aromatic rings. The van der Waals surface area contributed by atoms with Crippen molar-refractivity contribution in [1.82, 2.24) is 0 Å². The zero-order chi connectivity index (χ0) is 7.61. The summed E-state index contributed by atoms with van der Waals surface area (Å²) in [6.07, 6.45) is 1.78. The molecule has 1 saturated heterocycles. The molecule has 1 heterocycles. The van der Waals surface area contributed by atoms with Gasteiger partial charge in [0.25, 0.3) is 0 Å². The molecule has 1 aliphatic rings. The number of hydrogen-bond donors (Lipinski definition) is 0. The fraction of sp³-hybridized carbons (Fsp3) is 0.875. The van der Waals surface area contributed by atoms with Gasteiger partial charge in [-0.2, -0.15) is 5.26 Å². The number of ether oxygens (including phenoxy) is 1. The van der Waals surface area contributed by atoms with E-state index in [1.165, 1.54) is 0 Å². The van der Waals surface area contributed by atoms with Crippen LogP contribution in [0, 0.1) is 17.2 Å². The minimum absolute atomic E-state index is 0.0708. The molecule has 0 unspecified atom stereocenters. The highest BCUT2D eigenvalue weighted by molar-refractivity contribution is 4.90. The molecular formula is C8H13NO. The van der Waals surface area contributed by atoms with Crippen LogP contribution in [-0.4, -0.2) is 12.2 Å².